The Bertz CT molecular complexity index is 918. The minimum atomic E-state index is -0.155. The number of nitrogens with zero attached hydrogens (tertiary/aromatic N) is 2. The van der Waals surface area contributed by atoms with E-state index in [0.29, 0.717) is 17.3 Å². The Morgan fingerprint density at radius 1 is 1.17 bits per heavy atom. The van der Waals surface area contributed by atoms with Gasteiger partial charge in [-0.3, -0.25) is 9.36 Å². The second-order valence-electron chi connectivity index (χ2n) is 5.70. The molecule has 1 aliphatic heterocycles. The fourth-order valence-electron chi connectivity index (χ4n) is 3.02. The third-order valence-corrected chi connectivity index (χ3v) is 4.50. The Kier molecular flexibility index (Phi) is 3.50. The SMILES string of the molecule is O=C1C[C@@H](c2ccc(O)cc2)c2ncn(-c3ccccc3Cl)c2N1. The van der Waals surface area contributed by atoms with Crippen LogP contribution in [-0.2, 0) is 4.79 Å². The number of aromatic nitrogens is 2. The number of imidazole rings is 1. The van der Waals surface area contributed by atoms with E-state index in [1.165, 1.54) is 0 Å². The number of nitrogens with one attached hydrogen (secondary N) is 1. The van der Waals surface area contributed by atoms with Gasteiger partial charge in [0.15, 0.2) is 0 Å². The topological polar surface area (TPSA) is 67.1 Å². The van der Waals surface area contributed by atoms with Gasteiger partial charge in [0.05, 0.1) is 16.4 Å². The highest BCUT2D eigenvalue weighted by Gasteiger charge is 2.31. The number of halogens is 1. The highest BCUT2D eigenvalue weighted by molar-refractivity contribution is 6.32. The van der Waals surface area contributed by atoms with Crippen molar-refractivity contribution < 1.29 is 9.90 Å². The van der Waals surface area contributed by atoms with Gasteiger partial charge in [-0.2, -0.15) is 0 Å². The van der Waals surface area contributed by atoms with E-state index in [0.717, 1.165) is 16.9 Å². The first-order valence-electron chi connectivity index (χ1n) is 7.54. The maximum atomic E-state index is 12.2. The van der Waals surface area contributed by atoms with Crippen LogP contribution in [0.5, 0.6) is 5.75 Å². The van der Waals surface area contributed by atoms with Crippen LogP contribution < -0.4 is 5.32 Å². The van der Waals surface area contributed by atoms with Gasteiger partial charge in [0.1, 0.15) is 17.9 Å². The van der Waals surface area contributed by atoms with Crippen LogP contribution in [0.1, 0.15) is 23.6 Å². The minimum absolute atomic E-state index is 0.0746. The summed E-state index contributed by atoms with van der Waals surface area (Å²) in [5.74, 6) is 0.603. The van der Waals surface area contributed by atoms with Crippen LogP contribution >= 0.6 is 11.6 Å². The molecule has 2 heterocycles. The lowest BCUT2D eigenvalue weighted by atomic mass is 9.90. The number of carbonyl (C=O) groups excluding carboxylic acids is 1. The van der Waals surface area contributed by atoms with Gasteiger partial charge in [-0.1, -0.05) is 35.9 Å². The van der Waals surface area contributed by atoms with Gasteiger partial charge in [0, 0.05) is 12.3 Å². The molecule has 0 spiro atoms. The predicted octanol–water partition coefficient (Wildman–Crippen LogP) is 3.71. The second kappa shape index (κ2) is 5.69. The molecule has 1 aromatic heterocycles. The van der Waals surface area contributed by atoms with Crippen LogP contribution in [-0.4, -0.2) is 20.6 Å². The monoisotopic (exact) mass is 339 g/mol. The summed E-state index contributed by atoms with van der Waals surface area (Å²) in [7, 11) is 0. The largest absolute Gasteiger partial charge is 0.508 e. The van der Waals surface area contributed by atoms with Crippen LogP contribution in [0.2, 0.25) is 5.02 Å². The van der Waals surface area contributed by atoms with Gasteiger partial charge in [-0.15, -0.1) is 0 Å². The summed E-state index contributed by atoms with van der Waals surface area (Å²) < 4.78 is 1.79. The molecule has 120 valence electrons. The molecule has 1 aliphatic rings. The summed E-state index contributed by atoms with van der Waals surface area (Å²) in [5, 5.41) is 13.0. The zero-order valence-corrected chi connectivity index (χ0v) is 13.4. The molecule has 0 radical (unpaired) electrons. The standard InChI is InChI=1S/C18H14ClN3O2/c19-14-3-1-2-4-15(14)22-10-20-17-13(9-16(24)21-18(17)22)11-5-7-12(23)8-6-11/h1-8,10,13,23H,9H2,(H,21,24)/t13-/m0/s1. The maximum Gasteiger partial charge on any atom is 0.226 e. The molecule has 0 aliphatic carbocycles. The molecule has 0 unspecified atom stereocenters. The highest BCUT2D eigenvalue weighted by atomic mass is 35.5. The molecule has 2 N–H and O–H groups in total. The van der Waals surface area contributed by atoms with Crippen molar-refractivity contribution in [2.75, 3.05) is 5.32 Å². The highest BCUT2D eigenvalue weighted by Crippen LogP contribution is 2.38. The lowest BCUT2D eigenvalue weighted by Gasteiger charge is -2.23. The molecule has 0 saturated heterocycles. The number of amides is 1. The molecule has 1 amide bonds. The molecule has 24 heavy (non-hydrogen) atoms. The van der Waals surface area contributed by atoms with Crippen LogP contribution in [0, 0.1) is 0 Å². The minimum Gasteiger partial charge on any atom is -0.508 e. The molecule has 0 fully saturated rings. The quantitative estimate of drug-likeness (QED) is 0.748. The molecule has 4 rings (SSSR count). The number of aromatic hydroxyl groups is 1. The van der Waals surface area contributed by atoms with E-state index in [1.54, 1.807) is 29.1 Å². The molecule has 0 bridgehead atoms. The molecule has 5 nitrogen and oxygen atoms in total. The number of para-hydroxylation sites is 1. The number of phenols is 1. The summed E-state index contributed by atoms with van der Waals surface area (Å²) in [6.07, 6.45) is 1.99. The Labute approximate surface area is 143 Å². The lowest BCUT2D eigenvalue weighted by molar-refractivity contribution is -0.116. The number of fused-ring (bicyclic) bond motifs is 1. The fraction of sp³-hybridized carbons (Fsp3) is 0.111. The first-order valence-corrected chi connectivity index (χ1v) is 7.92. The number of phenolic OH excluding ortho intramolecular Hbond substituents is 1. The molecule has 6 heteroatoms. The Morgan fingerprint density at radius 3 is 2.67 bits per heavy atom. The first-order chi connectivity index (χ1) is 11.6. The number of rotatable bonds is 2. The van der Waals surface area contributed by atoms with E-state index >= 15 is 0 Å². The normalized spacial score (nSPS) is 16.5. The van der Waals surface area contributed by atoms with Gasteiger partial charge >= 0.3 is 0 Å². The number of anilines is 1. The summed E-state index contributed by atoms with van der Waals surface area (Å²) in [6, 6.07) is 14.3. The third-order valence-electron chi connectivity index (χ3n) is 4.18. The van der Waals surface area contributed by atoms with Gasteiger partial charge in [0.2, 0.25) is 5.91 Å². The van der Waals surface area contributed by atoms with Crippen molar-refractivity contribution in [1.82, 2.24) is 9.55 Å². The number of carbonyl (C=O) groups is 1. The summed E-state index contributed by atoms with van der Waals surface area (Å²) in [5.41, 5.74) is 2.49. The van der Waals surface area contributed by atoms with Gasteiger partial charge < -0.3 is 10.4 Å². The Balaban J connectivity index is 1.83. The van der Waals surface area contributed by atoms with Crippen molar-refractivity contribution in [3.8, 4) is 11.4 Å². The van der Waals surface area contributed by atoms with Crippen LogP contribution in [0.15, 0.2) is 54.9 Å². The van der Waals surface area contributed by atoms with Crippen LogP contribution in [0.25, 0.3) is 5.69 Å². The summed E-state index contributed by atoms with van der Waals surface area (Å²) in [6.45, 7) is 0. The average Bonchev–Trinajstić information content (AvgIpc) is 2.99. The van der Waals surface area contributed by atoms with E-state index in [9.17, 15) is 9.90 Å². The van der Waals surface area contributed by atoms with E-state index in [1.807, 2.05) is 30.3 Å². The fourth-order valence-corrected chi connectivity index (χ4v) is 3.25. The second-order valence-corrected chi connectivity index (χ2v) is 6.10. The van der Waals surface area contributed by atoms with Gasteiger partial charge in [-0.05, 0) is 29.8 Å². The van der Waals surface area contributed by atoms with E-state index < -0.39 is 0 Å². The van der Waals surface area contributed by atoms with Crippen molar-refractivity contribution in [2.45, 2.75) is 12.3 Å². The van der Waals surface area contributed by atoms with Gasteiger partial charge in [0.25, 0.3) is 0 Å². The number of benzene rings is 2. The lowest BCUT2D eigenvalue weighted by Crippen LogP contribution is -2.24. The Morgan fingerprint density at radius 2 is 1.92 bits per heavy atom. The molecule has 2 aromatic carbocycles. The zero-order chi connectivity index (χ0) is 16.7. The molecular formula is C18H14ClN3O2. The molecule has 0 saturated carbocycles. The average molecular weight is 340 g/mol. The summed E-state index contributed by atoms with van der Waals surface area (Å²) >= 11 is 6.28. The first kappa shape index (κ1) is 14.8. The molecular weight excluding hydrogens is 326 g/mol. The van der Waals surface area contributed by atoms with Crippen molar-refractivity contribution in [1.29, 1.82) is 0 Å². The van der Waals surface area contributed by atoms with E-state index in [2.05, 4.69) is 10.3 Å². The van der Waals surface area contributed by atoms with Crippen LogP contribution in [0.4, 0.5) is 5.82 Å². The van der Waals surface area contributed by atoms with E-state index in [-0.39, 0.29) is 17.6 Å². The smallest absolute Gasteiger partial charge is 0.226 e. The van der Waals surface area contributed by atoms with E-state index in [4.69, 9.17) is 11.6 Å². The predicted molar refractivity (Wildman–Crippen MR) is 91.8 cm³/mol. The van der Waals surface area contributed by atoms with Gasteiger partial charge in [-0.25, -0.2) is 4.98 Å². The summed E-state index contributed by atoms with van der Waals surface area (Å²) in [4.78, 5) is 16.7. The van der Waals surface area contributed by atoms with Crippen molar-refractivity contribution in [3.63, 3.8) is 0 Å². The van der Waals surface area contributed by atoms with Crippen molar-refractivity contribution >= 4 is 23.3 Å². The maximum absolute atomic E-state index is 12.2. The number of hydrogen-bond acceptors (Lipinski definition) is 3. The van der Waals surface area contributed by atoms with Crippen molar-refractivity contribution in [3.05, 3.63) is 71.1 Å². The van der Waals surface area contributed by atoms with Crippen molar-refractivity contribution in [2.24, 2.45) is 0 Å². The number of hydrogen-bond donors (Lipinski definition) is 2. The van der Waals surface area contributed by atoms with Crippen LogP contribution in [0.3, 0.4) is 0 Å². The third kappa shape index (κ3) is 2.43. The molecule has 1 atom stereocenters. The molecule has 3 aromatic rings. The zero-order valence-electron chi connectivity index (χ0n) is 12.6. The Hall–Kier alpha value is -2.79.